The first-order valence-electron chi connectivity index (χ1n) is 6.27. The van der Waals surface area contributed by atoms with Gasteiger partial charge in [-0.2, -0.15) is 0 Å². The topological polar surface area (TPSA) is 4.93 Å². The fourth-order valence-corrected chi connectivity index (χ4v) is 2.34. The van der Waals surface area contributed by atoms with Crippen molar-refractivity contribution in [3.8, 4) is 0 Å². The van der Waals surface area contributed by atoms with E-state index < -0.39 is 0 Å². The van der Waals surface area contributed by atoms with Crippen molar-refractivity contribution in [2.75, 3.05) is 0 Å². The average molecular weight is 234 g/mol. The molecular weight excluding hydrogens is 218 g/mol. The van der Waals surface area contributed by atoms with Gasteiger partial charge in [-0.15, -0.1) is 0 Å². The van der Waals surface area contributed by atoms with Crippen molar-refractivity contribution in [1.29, 1.82) is 0 Å². The largest absolute Gasteiger partial charge is 0.340 e. The van der Waals surface area contributed by atoms with Crippen molar-refractivity contribution in [2.45, 2.75) is 20.4 Å². The Balaban J connectivity index is 2.04. The van der Waals surface area contributed by atoms with E-state index in [-0.39, 0.29) is 0 Å². The summed E-state index contributed by atoms with van der Waals surface area (Å²) in [4.78, 5) is 0. The van der Waals surface area contributed by atoms with Gasteiger partial charge in [0.05, 0.1) is 0 Å². The van der Waals surface area contributed by atoms with Crippen LogP contribution in [0.15, 0.2) is 48.5 Å². The summed E-state index contributed by atoms with van der Waals surface area (Å²) in [5.41, 5.74) is 5.09. The van der Waals surface area contributed by atoms with E-state index in [1.165, 1.54) is 27.7 Å². The Hall–Kier alpha value is -2.02. The molecule has 1 nitrogen and oxygen atoms in total. The number of aryl methyl sites for hydroxylation is 2. The molecule has 1 heteroatoms. The smallest absolute Gasteiger partial charge is 0.0492 e. The Kier molecular flexibility index (Phi) is 2.67. The van der Waals surface area contributed by atoms with Crippen LogP contribution in [0.25, 0.3) is 10.9 Å². The zero-order chi connectivity index (χ0) is 12.5. The summed E-state index contributed by atoms with van der Waals surface area (Å²) in [6, 6.07) is 20.6. The number of nitrogens with zero attached hydrogens (tertiary/aromatic N) is 1. The number of benzene rings is 2. The molecule has 0 atom stereocenters. The van der Waals surface area contributed by atoms with Gasteiger partial charge in [0.15, 0.2) is 0 Å². The standard InChI is InChI=1S/C17H16N/c1-13-7-9-15(10-8-13)12-18-14(2)11-16-5-3-4-6-17(16)18/h3-10H,12H2,1-2H3. The van der Waals surface area contributed by atoms with Gasteiger partial charge in [-0.3, -0.25) is 0 Å². The van der Waals surface area contributed by atoms with Crippen LogP contribution in [0, 0.1) is 19.9 Å². The second-order valence-corrected chi connectivity index (χ2v) is 4.80. The predicted molar refractivity (Wildman–Crippen MR) is 75.8 cm³/mol. The van der Waals surface area contributed by atoms with Gasteiger partial charge in [0.2, 0.25) is 0 Å². The molecular formula is C17H16N. The number of para-hydroxylation sites is 1. The maximum absolute atomic E-state index is 3.42. The molecule has 0 unspecified atom stereocenters. The molecule has 18 heavy (non-hydrogen) atoms. The Labute approximate surface area is 108 Å². The summed E-state index contributed by atoms with van der Waals surface area (Å²) >= 11 is 0. The van der Waals surface area contributed by atoms with E-state index in [0.29, 0.717) is 0 Å². The maximum atomic E-state index is 3.42. The Morgan fingerprint density at radius 1 is 0.944 bits per heavy atom. The molecule has 0 spiro atoms. The minimum atomic E-state index is 0.913. The van der Waals surface area contributed by atoms with Gasteiger partial charge in [0.25, 0.3) is 0 Å². The molecule has 0 saturated carbocycles. The van der Waals surface area contributed by atoms with Crippen molar-refractivity contribution in [2.24, 2.45) is 0 Å². The van der Waals surface area contributed by atoms with E-state index in [1.54, 1.807) is 0 Å². The highest BCUT2D eigenvalue weighted by atomic mass is 15.0. The second-order valence-electron chi connectivity index (χ2n) is 4.80. The van der Waals surface area contributed by atoms with Crippen molar-refractivity contribution in [1.82, 2.24) is 4.57 Å². The zero-order valence-electron chi connectivity index (χ0n) is 10.8. The highest BCUT2D eigenvalue weighted by Crippen LogP contribution is 2.20. The number of hydrogen-bond donors (Lipinski definition) is 0. The lowest BCUT2D eigenvalue weighted by molar-refractivity contribution is 0.804. The van der Waals surface area contributed by atoms with Crippen molar-refractivity contribution in [3.63, 3.8) is 0 Å². The highest BCUT2D eigenvalue weighted by molar-refractivity contribution is 5.80. The van der Waals surface area contributed by atoms with E-state index in [2.05, 4.69) is 73.0 Å². The van der Waals surface area contributed by atoms with Crippen LogP contribution >= 0.6 is 0 Å². The molecule has 1 radical (unpaired) electrons. The minimum Gasteiger partial charge on any atom is -0.340 e. The van der Waals surface area contributed by atoms with Gasteiger partial charge < -0.3 is 4.57 Å². The fourth-order valence-electron chi connectivity index (χ4n) is 2.34. The van der Waals surface area contributed by atoms with E-state index in [9.17, 15) is 0 Å². The Morgan fingerprint density at radius 2 is 1.67 bits per heavy atom. The quantitative estimate of drug-likeness (QED) is 0.629. The van der Waals surface area contributed by atoms with E-state index in [1.807, 2.05) is 0 Å². The van der Waals surface area contributed by atoms with Crippen LogP contribution in [0.1, 0.15) is 16.8 Å². The lowest BCUT2D eigenvalue weighted by atomic mass is 10.1. The molecule has 0 amide bonds. The first kappa shape index (κ1) is 11.1. The summed E-state index contributed by atoms with van der Waals surface area (Å²) in [5, 5.41) is 1.20. The maximum Gasteiger partial charge on any atom is 0.0492 e. The molecule has 2 aromatic carbocycles. The number of rotatable bonds is 2. The third-order valence-corrected chi connectivity index (χ3v) is 3.38. The molecule has 0 aliphatic rings. The van der Waals surface area contributed by atoms with Crippen LogP contribution in [-0.2, 0) is 6.54 Å². The molecule has 0 saturated heterocycles. The van der Waals surface area contributed by atoms with Gasteiger partial charge in [0.1, 0.15) is 0 Å². The van der Waals surface area contributed by atoms with E-state index in [4.69, 9.17) is 0 Å². The average Bonchev–Trinajstić information content (AvgIpc) is 2.69. The molecule has 0 N–H and O–H groups in total. The third kappa shape index (κ3) is 1.92. The van der Waals surface area contributed by atoms with Crippen LogP contribution in [0.4, 0.5) is 0 Å². The molecule has 0 aliphatic heterocycles. The summed E-state index contributed by atoms with van der Waals surface area (Å²) in [5.74, 6) is 0. The van der Waals surface area contributed by atoms with Gasteiger partial charge in [-0.05, 0) is 25.5 Å². The highest BCUT2D eigenvalue weighted by Gasteiger charge is 2.05. The van der Waals surface area contributed by atoms with Gasteiger partial charge in [0, 0.05) is 29.2 Å². The monoisotopic (exact) mass is 234 g/mol. The van der Waals surface area contributed by atoms with Crippen molar-refractivity contribution >= 4 is 10.9 Å². The Morgan fingerprint density at radius 3 is 2.44 bits per heavy atom. The molecule has 1 heterocycles. The van der Waals surface area contributed by atoms with E-state index in [0.717, 1.165) is 6.54 Å². The van der Waals surface area contributed by atoms with Gasteiger partial charge in [-0.1, -0.05) is 48.0 Å². The molecule has 0 bridgehead atoms. The second kappa shape index (κ2) is 4.34. The predicted octanol–water partition coefficient (Wildman–Crippen LogP) is 4.11. The molecule has 1 aromatic heterocycles. The summed E-state index contributed by atoms with van der Waals surface area (Å²) in [6.07, 6.45) is 0. The fraction of sp³-hybridized carbons (Fsp3) is 0.176. The number of hydrogen-bond acceptors (Lipinski definition) is 0. The molecule has 0 fully saturated rings. The lowest BCUT2D eigenvalue weighted by Crippen LogP contribution is -2.01. The van der Waals surface area contributed by atoms with Crippen molar-refractivity contribution < 1.29 is 0 Å². The van der Waals surface area contributed by atoms with Crippen LogP contribution in [-0.4, -0.2) is 4.57 Å². The minimum absolute atomic E-state index is 0.913. The van der Waals surface area contributed by atoms with E-state index >= 15 is 0 Å². The normalized spacial score (nSPS) is 11.0. The van der Waals surface area contributed by atoms with Crippen LogP contribution < -0.4 is 0 Å². The van der Waals surface area contributed by atoms with Crippen molar-refractivity contribution in [3.05, 3.63) is 71.4 Å². The molecule has 0 aliphatic carbocycles. The number of aromatic nitrogens is 1. The summed E-state index contributed by atoms with van der Waals surface area (Å²) in [6.45, 7) is 5.15. The number of fused-ring (bicyclic) bond motifs is 1. The summed E-state index contributed by atoms with van der Waals surface area (Å²) < 4.78 is 2.32. The third-order valence-electron chi connectivity index (χ3n) is 3.38. The Bertz CT molecular complexity index is 674. The van der Waals surface area contributed by atoms with Gasteiger partial charge >= 0.3 is 0 Å². The molecule has 89 valence electrons. The lowest BCUT2D eigenvalue weighted by Gasteiger charge is -2.08. The first-order chi connectivity index (χ1) is 8.74. The zero-order valence-corrected chi connectivity index (χ0v) is 10.8. The van der Waals surface area contributed by atoms with Crippen LogP contribution in [0.2, 0.25) is 0 Å². The molecule has 3 aromatic rings. The SMILES string of the molecule is Cc1ccc(Cn2c(C)[c]c3ccccc32)cc1. The summed E-state index contributed by atoms with van der Waals surface area (Å²) in [7, 11) is 0. The van der Waals surface area contributed by atoms with Crippen LogP contribution in [0.3, 0.4) is 0 Å². The molecule has 3 rings (SSSR count). The first-order valence-corrected chi connectivity index (χ1v) is 6.27. The van der Waals surface area contributed by atoms with Gasteiger partial charge in [-0.25, -0.2) is 0 Å². The van der Waals surface area contributed by atoms with Crippen LogP contribution in [0.5, 0.6) is 0 Å².